The van der Waals surface area contributed by atoms with E-state index in [0.29, 0.717) is 54.1 Å². The topological polar surface area (TPSA) is 99.2 Å². The summed E-state index contributed by atoms with van der Waals surface area (Å²) in [6.07, 6.45) is -3.14. The number of amides is 1. The van der Waals surface area contributed by atoms with Gasteiger partial charge in [0.15, 0.2) is 5.65 Å². The van der Waals surface area contributed by atoms with Crippen molar-refractivity contribution < 1.29 is 18.0 Å². The Balaban J connectivity index is 1.39. The van der Waals surface area contributed by atoms with Gasteiger partial charge in [-0.15, -0.1) is 27.1 Å². The molecule has 1 fully saturated rings. The molecule has 0 spiro atoms. The Hall–Kier alpha value is -3.33. The molecule has 33 heavy (non-hydrogen) atoms. The summed E-state index contributed by atoms with van der Waals surface area (Å²) < 4.78 is 40.1. The molecule has 3 aromatic rings. The summed E-state index contributed by atoms with van der Waals surface area (Å²) in [5.41, 5.74) is 0.735. The van der Waals surface area contributed by atoms with E-state index in [1.165, 1.54) is 17.8 Å². The number of piperidine rings is 1. The number of thioether (sulfide) groups is 1. The standard InChI is InChI=1S/C21H20F3N7OS/c22-21(23,24)20-28-27-17-6-7-18(29-31(17)20)30-11-8-14(9-12-30)19(32)26-15-4-1-2-5-16(15)33-13-3-10-25/h1-2,4-7,14H,3,8-9,11-13H2,(H,26,32). The summed E-state index contributed by atoms with van der Waals surface area (Å²) in [6, 6.07) is 12.6. The quantitative estimate of drug-likeness (QED) is 0.425. The zero-order valence-electron chi connectivity index (χ0n) is 17.4. The Bertz CT molecular complexity index is 1180. The highest BCUT2D eigenvalue weighted by atomic mass is 32.2. The number of nitrogens with zero attached hydrogens (tertiary/aromatic N) is 6. The molecule has 1 N–H and O–H groups in total. The van der Waals surface area contributed by atoms with Crippen LogP contribution < -0.4 is 10.2 Å². The van der Waals surface area contributed by atoms with Crippen molar-refractivity contribution in [3.8, 4) is 6.07 Å². The van der Waals surface area contributed by atoms with Gasteiger partial charge in [0, 0.05) is 36.1 Å². The van der Waals surface area contributed by atoms with E-state index in [2.05, 4.69) is 26.7 Å². The molecule has 1 saturated heterocycles. The number of fused-ring (bicyclic) bond motifs is 1. The first kappa shape index (κ1) is 22.8. The molecule has 8 nitrogen and oxygen atoms in total. The number of aromatic nitrogens is 4. The van der Waals surface area contributed by atoms with Crippen LogP contribution in [0, 0.1) is 17.2 Å². The maximum Gasteiger partial charge on any atom is 0.453 e. The maximum atomic E-state index is 13.1. The average Bonchev–Trinajstić information content (AvgIpc) is 3.24. The van der Waals surface area contributed by atoms with Crippen LogP contribution in [0.5, 0.6) is 0 Å². The molecule has 0 saturated carbocycles. The molecule has 0 aliphatic carbocycles. The third-order valence-corrected chi connectivity index (χ3v) is 6.38. The van der Waals surface area contributed by atoms with Crippen LogP contribution in [0.2, 0.25) is 0 Å². The van der Waals surface area contributed by atoms with E-state index in [1.54, 1.807) is 6.07 Å². The zero-order chi connectivity index (χ0) is 23.4. The van der Waals surface area contributed by atoms with Crippen molar-refractivity contribution >= 4 is 34.8 Å². The molecule has 4 rings (SSSR count). The van der Waals surface area contributed by atoms with Gasteiger partial charge >= 0.3 is 6.18 Å². The SMILES string of the molecule is N#CCCSc1ccccc1NC(=O)C1CCN(c2ccc3nnc(C(F)(F)F)n3n2)CC1. The average molecular weight is 476 g/mol. The minimum absolute atomic E-state index is 0.0200. The number of carbonyl (C=O) groups excluding carboxylic acids is 1. The lowest BCUT2D eigenvalue weighted by Crippen LogP contribution is -2.38. The van der Waals surface area contributed by atoms with Crippen LogP contribution in [0.15, 0.2) is 41.3 Å². The zero-order valence-corrected chi connectivity index (χ0v) is 18.2. The minimum atomic E-state index is -4.65. The number of benzene rings is 1. The lowest BCUT2D eigenvalue weighted by Gasteiger charge is -2.32. The molecular weight excluding hydrogens is 455 g/mol. The first-order valence-corrected chi connectivity index (χ1v) is 11.3. The van der Waals surface area contributed by atoms with Crippen molar-refractivity contribution in [2.45, 2.75) is 30.3 Å². The molecule has 1 amide bonds. The van der Waals surface area contributed by atoms with E-state index in [0.717, 1.165) is 4.90 Å². The van der Waals surface area contributed by atoms with Gasteiger partial charge in [-0.2, -0.15) is 22.9 Å². The summed E-state index contributed by atoms with van der Waals surface area (Å²) in [5.74, 6) is -0.458. The summed E-state index contributed by atoms with van der Waals surface area (Å²) in [7, 11) is 0. The fraction of sp³-hybridized carbons (Fsp3) is 0.381. The van der Waals surface area contributed by atoms with Crippen molar-refractivity contribution in [3.05, 3.63) is 42.2 Å². The van der Waals surface area contributed by atoms with Crippen molar-refractivity contribution in [2.24, 2.45) is 5.92 Å². The van der Waals surface area contributed by atoms with Gasteiger partial charge in [0.25, 0.3) is 5.82 Å². The van der Waals surface area contributed by atoms with E-state index in [-0.39, 0.29) is 17.5 Å². The van der Waals surface area contributed by atoms with Crippen LogP contribution in [0.1, 0.15) is 25.1 Å². The first-order chi connectivity index (χ1) is 15.9. The van der Waals surface area contributed by atoms with Crippen molar-refractivity contribution in [1.82, 2.24) is 19.8 Å². The number of para-hydroxylation sites is 1. The van der Waals surface area contributed by atoms with Crippen LogP contribution >= 0.6 is 11.8 Å². The lowest BCUT2D eigenvalue weighted by molar-refractivity contribution is -0.146. The monoisotopic (exact) mass is 475 g/mol. The number of nitriles is 1. The molecular formula is C21H20F3N7OS. The highest BCUT2D eigenvalue weighted by molar-refractivity contribution is 7.99. The van der Waals surface area contributed by atoms with Crippen LogP contribution in [-0.2, 0) is 11.0 Å². The summed E-state index contributed by atoms with van der Waals surface area (Å²) in [4.78, 5) is 15.6. The van der Waals surface area contributed by atoms with Gasteiger partial charge in [-0.25, -0.2) is 0 Å². The van der Waals surface area contributed by atoms with E-state index in [1.807, 2.05) is 29.2 Å². The molecule has 0 radical (unpaired) electrons. The number of halogens is 3. The Morgan fingerprint density at radius 1 is 1.18 bits per heavy atom. The molecule has 0 bridgehead atoms. The summed E-state index contributed by atoms with van der Waals surface area (Å²) in [5, 5.41) is 22.5. The van der Waals surface area contributed by atoms with Crippen LogP contribution in [0.4, 0.5) is 24.7 Å². The largest absolute Gasteiger partial charge is 0.453 e. The number of nitrogens with one attached hydrogen (secondary N) is 1. The third-order valence-electron chi connectivity index (χ3n) is 5.31. The summed E-state index contributed by atoms with van der Waals surface area (Å²) in [6.45, 7) is 0.970. The predicted octanol–water partition coefficient (Wildman–Crippen LogP) is 4.00. The molecule has 0 atom stereocenters. The van der Waals surface area contributed by atoms with Crippen LogP contribution in [0.3, 0.4) is 0 Å². The first-order valence-electron chi connectivity index (χ1n) is 10.3. The number of hydrogen-bond donors (Lipinski definition) is 1. The number of anilines is 2. The second-order valence-corrected chi connectivity index (χ2v) is 8.62. The fourth-order valence-corrected chi connectivity index (χ4v) is 4.50. The van der Waals surface area contributed by atoms with E-state index < -0.39 is 12.0 Å². The third kappa shape index (κ3) is 5.19. The maximum absolute atomic E-state index is 13.1. The lowest BCUT2D eigenvalue weighted by atomic mass is 9.96. The molecule has 12 heteroatoms. The number of carbonyl (C=O) groups is 1. The molecule has 172 valence electrons. The van der Waals surface area contributed by atoms with Crippen LogP contribution in [0.25, 0.3) is 5.65 Å². The van der Waals surface area contributed by atoms with Crippen molar-refractivity contribution in [3.63, 3.8) is 0 Å². The van der Waals surface area contributed by atoms with E-state index in [9.17, 15) is 18.0 Å². The Morgan fingerprint density at radius 2 is 1.94 bits per heavy atom. The van der Waals surface area contributed by atoms with Gasteiger partial charge in [-0.1, -0.05) is 12.1 Å². The van der Waals surface area contributed by atoms with Crippen molar-refractivity contribution in [2.75, 3.05) is 29.1 Å². The highest BCUT2D eigenvalue weighted by Gasteiger charge is 2.38. The van der Waals surface area contributed by atoms with Crippen LogP contribution in [-0.4, -0.2) is 44.6 Å². The van der Waals surface area contributed by atoms with E-state index >= 15 is 0 Å². The Labute approximate surface area is 191 Å². The smallest absolute Gasteiger partial charge is 0.355 e. The molecule has 1 aliphatic heterocycles. The Kier molecular flexibility index (Phi) is 6.69. The Morgan fingerprint density at radius 3 is 2.67 bits per heavy atom. The van der Waals surface area contributed by atoms with E-state index in [4.69, 9.17) is 5.26 Å². The molecule has 3 heterocycles. The molecule has 2 aromatic heterocycles. The number of hydrogen-bond acceptors (Lipinski definition) is 7. The van der Waals surface area contributed by atoms with Gasteiger partial charge in [0.2, 0.25) is 5.91 Å². The fourth-order valence-electron chi connectivity index (χ4n) is 3.63. The highest BCUT2D eigenvalue weighted by Crippen LogP contribution is 2.30. The van der Waals surface area contributed by atoms with Gasteiger partial charge in [-0.3, -0.25) is 4.79 Å². The number of alkyl halides is 3. The van der Waals surface area contributed by atoms with Gasteiger partial charge in [0.1, 0.15) is 5.82 Å². The van der Waals surface area contributed by atoms with Gasteiger partial charge in [-0.05, 0) is 37.1 Å². The second-order valence-electron chi connectivity index (χ2n) is 7.49. The second kappa shape index (κ2) is 9.66. The van der Waals surface area contributed by atoms with Gasteiger partial charge < -0.3 is 10.2 Å². The predicted molar refractivity (Wildman–Crippen MR) is 117 cm³/mol. The molecule has 1 aliphatic rings. The molecule has 0 unspecified atom stereocenters. The minimum Gasteiger partial charge on any atom is -0.355 e. The molecule has 1 aromatic carbocycles. The van der Waals surface area contributed by atoms with Gasteiger partial charge in [0.05, 0.1) is 11.8 Å². The number of rotatable bonds is 6. The normalized spacial score (nSPS) is 14.9. The van der Waals surface area contributed by atoms with Crippen molar-refractivity contribution in [1.29, 1.82) is 5.26 Å². The summed E-state index contributed by atoms with van der Waals surface area (Å²) >= 11 is 1.52.